The highest BCUT2D eigenvalue weighted by Gasteiger charge is 2.08. The van der Waals surface area contributed by atoms with Crippen LogP contribution in [0.2, 0.25) is 0 Å². The Morgan fingerprint density at radius 2 is 1.17 bits per heavy atom. The Bertz CT molecular complexity index is 1290. The van der Waals surface area contributed by atoms with Crippen molar-refractivity contribution in [3.63, 3.8) is 0 Å². The third kappa shape index (κ3) is 3.96. The second-order valence-corrected chi connectivity index (χ2v) is 7.27. The Hall–Kier alpha value is -3.86. The van der Waals surface area contributed by atoms with Gasteiger partial charge in [0.25, 0.3) is 0 Å². The molecule has 0 aromatic heterocycles. The van der Waals surface area contributed by atoms with E-state index in [4.69, 9.17) is 0 Å². The van der Waals surface area contributed by atoms with E-state index in [9.17, 15) is 5.11 Å². The smallest absolute Gasteiger partial charge is 0.143 e. The summed E-state index contributed by atoms with van der Waals surface area (Å²) >= 11 is 0. The average molecular weight is 394 g/mol. The van der Waals surface area contributed by atoms with Crippen LogP contribution in [0.5, 0.6) is 5.75 Å². The van der Waals surface area contributed by atoms with Crippen molar-refractivity contribution in [3.05, 3.63) is 89.5 Å². The van der Waals surface area contributed by atoms with Crippen LogP contribution in [0.3, 0.4) is 0 Å². The lowest BCUT2D eigenvalue weighted by atomic mass is 10.1. The summed E-state index contributed by atoms with van der Waals surface area (Å²) in [4.78, 5) is 0. The number of rotatable bonds is 4. The molecule has 0 fully saturated rings. The van der Waals surface area contributed by atoms with Gasteiger partial charge in [0, 0.05) is 5.39 Å². The first-order valence-corrected chi connectivity index (χ1v) is 9.74. The van der Waals surface area contributed by atoms with Crippen molar-refractivity contribution in [1.82, 2.24) is 0 Å². The molecule has 0 atom stereocenters. The van der Waals surface area contributed by atoms with Gasteiger partial charge in [0.1, 0.15) is 11.4 Å². The number of hydrogen-bond donors (Lipinski definition) is 1. The maximum Gasteiger partial charge on any atom is 0.143 e. The highest BCUT2D eigenvalue weighted by molar-refractivity contribution is 5.95. The molecule has 0 radical (unpaired) electrons. The molecule has 30 heavy (non-hydrogen) atoms. The number of nitrogens with zero attached hydrogens (tertiary/aromatic N) is 4. The van der Waals surface area contributed by atoms with E-state index in [-0.39, 0.29) is 5.75 Å². The fourth-order valence-electron chi connectivity index (χ4n) is 3.24. The lowest BCUT2D eigenvalue weighted by molar-refractivity contribution is 0.477. The highest BCUT2D eigenvalue weighted by atomic mass is 16.3. The van der Waals surface area contributed by atoms with Gasteiger partial charge in [-0.25, -0.2) is 0 Å². The predicted molar refractivity (Wildman–Crippen MR) is 121 cm³/mol. The van der Waals surface area contributed by atoms with E-state index in [1.165, 1.54) is 0 Å². The first kappa shape index (κ1) is 19.5. The summed E-state index contributed by atoms with van der Waals surface area (Å²) in [5, 5.41) is 29.7. The predicted octanol–water partition coefficient (Wildman–Crippen LogP) is 8.30. The molecule has 0 saturated heterocycles. The van der Waals surface area contributed by atoms with Gasteiger partial charge in [0.05, 0.1) is 17.1 Å². The van der Waals surface area contributed by atoms with Crippen LogP contribution in [-0.2, 0) is 0 Å². The quantitative estimate of drug-likeness (QED) is 0.347. The van der Waals surface area contributed by atoms with E-state index < -0.39 is 0 Å². The van der Waals surface area contributed by atoms with Gasteiger partial charge in [0.15, 0.2) is 0 Å². The number of phenolic OH excluding ortho intramolecular Hbond substituents is 1. The number of azo groups is 2. The maximum absolute atomic E-state index is 10.3. The van der Waals surface area contributed by atoms with Crippen LogP contribution in [0.15, 0.2) is 93.3 Å². The van der Waals surface area contributed by atoms with Crippen molar-refractivity contribution in [2.45, 2.75) is 20.8 Å². The third-order valence-electron chi connectivity index (χ3n) is 5.03. The van der Waals surface area contributed by atoms with E-state index in [0.717, 1.165) is 44.5 Å². The molecule has 0 heterocycles. The van der Waals surface area contributed by atoms with Crippen molar-refractivity contribution in [1.29, 1.82) is 0 Å². The fraction of sp³-hybridized carbons (Fsp3) is 0.120. The summed E-state index contributed by atoms with van der Waals surface area (Å²) in [6, 6.07) is 23.1. The Morgan fingerprint density at radius 3 is 1.90 bits per heavy atom. The molecule has 0 aliphatic heterocycles. The zero-order valence-electron chi connectivity index (χ0n) is 17.2. The molecule has 0 saturated carbocycles. The average Bonchev–Trinajstić information content (AvgIpc) is 2.75. The molecular formula is C25H22N4O. The van der Waals surface area contributed by atoms with Crippen LogP contribution >= 0.6 is 0 Å². The summed E-state index contributed by atoms with van der Waals surface area (Å²) in [6.45, 7) is 5.95. The van der Waals surface area contributed by atoms with E-state index >= 15 is 0 Å². The van der Waals surface area contributed by atoms with Gasteiger partial charge in [0.2, 0.25) is 0 Å². The molecule has 0 amide bonds. The molecule has 0 unspecified atom stereocenters. The van der Waals surface area contributed by atoms with Gasteiger partial charge in [-0.2, -0.15) is 15.3 Å². The van der Waals surface area contributed by atoms with Crippen LogP contribution in [0.4, 0.5) is 22.7 Å². The van der Waals surface area contributed by atoms with Crippen LogP contribution in [0.25, 0.3) is 10.8 Å². The van der Waals surface area contributed by atoms with Crippen molar-refractivity contribution >= 4 is 33.5 Å². The normalized spacial score (nSPS) is 11.7. The third-order valence-corrected chi connectivity index (χ3v) is 5.03. The second-order valence-electron chi connectivity index (χ2n) is 7.27. The fourth-order valence-corrected chi connectivity index (χ4v) is 3.24. The molecule has 148 valence electrons. The van der Waals surface area contributed by atoms with Crippen molar-refractivity contribution < 1.29 is 5.11 Å². The van der Waals surface area contributed by atoms with Crippen molar-refractivity contribution in [2.75, 3.05) is 0 Å². The van der Waals surface area contributed by atoms with E-state index in [0.29, 0.717) is 5.69 Å². The Labute approximate surface area is 175 Å². The van der Waals surface area contributed by atoms with Crippen LogP contribution in [0.1, 0.15) is 16.7 Å². The minimum atomic E-state index is 0.107. The molecule has 5 heteroatoms. The van der Waals surface area contributed by atoms with Crippen LogP contribution < -0.4 is 0 Å². The maximum atomic E-state index is 10.3. The minimum Gasteiger partial charge on any atom is -0.506 e. The van der Waals surface area contributed by atoms with E-state index in [1.807, 2.05) is 87.5 Å². The van der Waals surface area contributed by atoms with Gasteiger partial charge in [-0.1, -0.05) is 48.5 Å². The molecule has 0 spiro atoms. The van der Waals surface area contributed by atoms with Gasteiger partial charge in [-0.05, 0) is 67.1 Å². The van der Waals surface area contributed by atoms with Gasteiger partial charge in [-0.3, -0.25) is 0 Å². The topological polar surface area (TPSA) is 69.7 Å². The lowest BCUT2D eigenvalue weighted by Crippen LogP contribution is -1.80. The zero-order valence-corrected chi connectivity index (χ0v) is 17.2. The summed E-state index contributed by atoms with van der Waals surface area (Å²) in [5.41, 5.74) is 5.81. The summed E-state index contributed by atoms with van der Waals surface area (Å²) in [6.07, 6.45) is 0. The molecule has 0 aliphatic rings. The Morgan fingerprint density at radius 1 is 0.567 bits per heavy atom. The Kier molecular flexibility index (Phi) is 5.35. The molecule has 0 aliphatic carbocycles. The monoisotopic (exact) mass is 394 g/mol. The summed E-state index contributed by atoms with van der Waals surface area (Å²) in [7, 11) is 0. The molecular weight excluding hydrogens is 372 g/mol. The summed E-state index contributed by atoms with van der Waals surface area (Å²) in [5.74, 6) is 0.107. The highest BCUT2D eigenvalue weighted by Crippen LogP contribution is 2.37. The SMILES string of the molecule is Cc1ccccc1/N=N/c1cc(C)c(/N=N/c2c(O)ccc3ccccc23)cc1C. The van der Waals surface area contributed by atoms with Crippen molar-refractivity contribution in [2.24, 2.45) is 20.5 Å². The number of aryl methyl sites for hydroxylation is 3. The van der Waals surface area contributed by atoms with Gasteiger partial charge in [-0.15, -0.1) is 5.11 Å². The first-order valence-electron chi connectivity index (χ1n) is 9.74. The number of hydrogen-bond acceptors (Lipinski definition) is 5. The number of phenols is 1. The number of fused-ring (bicyclic) bond motifs is 1. The van der Waals surface area contributed by atoms with E-state index in [1.54, 1.807) is 6.07 Å². The molecule has 4 aromatic rings. The van der Waals surface area contributed by atoms with Gasteiger partial charge >= 0.3 is 0 Å². The van der Waals surface area contributed by atoms with Crippen LogP contribution in [0, 0.1) is 20.8 Å². The van der Waals surface area contributed by atoms with Gasteiger partial charge < -0.3 is 5.11 Å². The standard InChI is InChI=1S/C25H22N4O/c1-16-8-4-7-11-21(16)26-27-22-14-18(3)23(15-17(22)2)28-29-25-20-10-6-5-9-19(20)12-13-24(25)30/h4-15,30H,1-3H3/b27-26+,29-28+. The molecule has 4 aromatic carbocycles. The van der Waals surface area contributed by atoms with Crippen LogP contribution in [-0.4, -0.2) is 5.11 Å². The largest absolute Gasteiger partial charge is 0.506 e. The molecule has 5 nitrogen and oxygen atoms in total. The second kappa shape index (κ2) is 8.25. The van der Waals surface area contributed by atoms with Crippen molar-refractivity contribution in [3.8, 4) is 5.75 Å². The Balaban J connectivity index is 1.66. The first-order chi connectivity index (χ1) is 14.5. The lowest BCUT2D eigenvalue weighted by Gasteiger charge is -2.06. The molecule has 0 bridgehead atoms. The zero-order chi connectivity index (χ0) is 21.1. The molecule has 4 rings (SSSR count). The summed E-state index contributed by atoms with van der Waals surface area (Å²) < 4.78 is 0. The number of benzene rings is 4. The number of aromatic hydroxyl groups is 1. The van der Waals surface area contributed by atoms with E-state index in [2.05, 4.69) is 20.5 Å². The minimum absolute atomic E-state index is 0.107. The molecule has 1 N–H and O–H groups in total.